The molecule has 1 rings (SSSR count). The minimum atomic E-state index is -4.42. The molecule has 20 heavy (non-hydrogen) atoms. The fraction of sp³-hybridized carbons (Fsp3) is 0.357. The molecule has 0 radical (unpaired) electrons. The summed E-state index contributed by atoms with van der Waals surface area (Å²) >= 11 is 0. The van der Waals surface area contributed by atoms with Crippen molar-refractivity contribution in [2.45, 2.75) is 25.9 Å². The van der Waals surface area contributed by atoms with Gasteiger partial charge in [-0.2, -0.15) is 13.2 Å². The Labute approximate surface area is 115 Å². The van der Waals surface area contributed by atoms with Crippen molar-refractivity contribution in [1.29, 1.82) is 0 Å². The van der Waals surface area contributed by atoms with Gasteiger partial charge in [-0.3, -0.25) is 0 Å². The third-order valence-electron chi connectivity index (χ3n) is 2.63. The van der Waals surface area contributed by atoms with Crippen LogP contribution in [0.3, 0.4) is 0 Å². The largest absolute Gasteiger partial charge is 0.478 e. The lowest BCUT2D eigenvalue weighted by atomic mass is 10.1. The molecule has 0 spiro atoms. The van der Waals surface area contributed by atoms with E-state index in [9.17, 15) is 18.0 Å². The molecule has 0 unspecified atom stereocenters. The predicted octanol–water partition coefficient (Wildman–Crippen LogP) is 4.02. The molecule has 0 amide bonds. The number of hydrogen-bond acceptors (Lipinski definition) is 2. The van der Waals surface area contributed by atoms with Crippen molar-refractivity contribution < 1.29 is 23.1 Å². The zero-order valence-electron chi connectivity index (χ0n) is 11.0. The van der Waals surface area contributed by atoms with Crippen LogP contribution in [0.25, 0.3) is 6.08 Å². The normalized spacial score (nSPS) is 11.8. The summed E-state index contributed by atoms with van der Waals surface area (Å²) in [7, 11) is 0. The van der Waals surface area contributed by atoms with E-state index in [0.717, 1.165) is 31.1 Å². The van der Waals surface area contributed by atoms with Gasteiger partial charge in [0, 0.05) is 18.3 Å². The predicted molar refractivity (Wildman–Crippen MR) is 71.5 cm³/mol. The van der Waals surface area contributed by atoms with E-state index < -0.39 is 17.7 Å². The summed E-state index contributed by atoms with van der Waals surface area (Å²) in [6.07, 6.45) is -0.523. The average molecular weight is 287 g/mol. The summed E-state index contributed by atoms with van der Waals surface area (Å²) in [6.45, 7) is 2.50. The van der Waals surface area contributed by atoms with Gasteiger partial charge in [-0.15, -0.1) is 0 Å². The van der Waals surface area contributed by atoms with Gasteiger partial charge in [-0.1, -0.05) is 19.4 Å². The van der Waals surface area contributed by atoms with Crippen LogP contribution in [-0.4, -0.2) is 17.6 Å². The van der Waals surface area contributed by atoms with Gasteiger partial charge in [0.05, 0.1) is 5.56 Å². The monoisotopic (exact) mass is 287 g/mol. The summed E-state index contributed by atoms with van der Waals surface area (Å²) in [5.41, 5.74) is -0.0637. The summed E-state index contributed by atoms with van der Waals surface area (Å²) in [6, 6.07) is 3.19. The lowest BCUT2D eigenvalue weighted by molar-refractivity contribution is -0.137. The van der Waals surface area contributed by atoms with Crippen LogP contribution in [-0.2, 0) is 11.0 Å². The second kappa shape index (κ2) is 6.98. The van der Waals surface area contributed by atoms with Gasteiger partial charge in [0.25, 0.3) is 0 Å². The van der Waals surface area contributed by atoms with Crippen molar-refractivity contribution in [3.8, 4) is 0 Å². The number of carbonyl (C=O) groups is 1. The average Bonchev–Trinajstić information content (AvgIpc) is 2.36. The number of alkyl halides is 3. The van der Waals surface area contributed by atoms with Crippen molar-refractivity contribution in [3.05, 3.63) is 35.4 Å². The summed E-state index contributed by atoms with van der Waals surface area (Å²) in [5.74, 6) is -1.15. The number of aliphatic carboxylic acids is 1. The van der Waals surface area contributed by atoms with Gasteiger partial charge in [0.1, 0.15) is 0 Å². The highest BCUT2D eigenvalue weighted by Gasteiger charge is 2.30. The fourth-order valence-electron chi connectivity index (χ4n) is 1.59. The van der Waals surface area contributed by atoms with Crippen molar-refractivity contribution >= 4 is 17.7 Å². The van der Waals surface area contributed by atoms with E-state index in [2.05, 4.69) is 5.32 Å². The maximum Gasteiger partial charge on any atom is 0.416 e. The highest BCUT2D eigenvalue weighted by molar-refractivity contribution is 5.87. The van der Waals surface area contributed by atoms with Crippen LogP contribution in [0.1, 0.15) is 30.9 Å². The first-order valence-corrected chi connectivity index (χ1v) is 6.20. The van der Waals surface area contributed by atoms with Gasteiger partial charge in [0.15, 0.2) is 0 Å². The molecule has 0 saturated carbocycles. The minimum Gasteiger partial charge on any atom is -0.478 e. The first kappa shape index (κ1) is 16.1. The van der Waals surface area contributed by atoms with Crippen LogP contribution in [0.2, 0.25) is 0 Å². The SMILES string of the molecule is CCCCNc1cc(C(F)(F)F)ccc1C=CC(=O)O. The molecule has 3 nitrogen and oxygen atoms in total. The van der Waals surface area contributed by atoms with Gasteiger partial charge in [-0.05, 0) is 30.2 Å². The van der Waals surface area contributed by atoms with Crippen molar-refractivity contribution in [2.24, 2.45) is 0 Å². The zero-order chi connectivity index (χ0) is 15.2. The Kier molecular flexibility index (Phi) is 5.61. The quantitative estimate of drug-likeness (QED) is 0.614. The van der Waals surface area contributed by atoms with Crippen molar-refractivity contribution in [1.82, 2.24) is 0 Å². The van der Waals surface area contributed by atoms with Crippen molar-refractivity contribution in [2.75, 3.05) is 11.9 Å². The van der Waals surface area contributed by atoms with Crippen LogP contribution in [0, 0.1) is 0 Å². The molecule has 0 fully saturated rings. The number of halogens is 3. The number of carboxylic acids is 1. The van der Waals surface area contributed by atoms with Crippen molar-refractivity contribution in [3.63, 3.8) is 0 Å². The maximum atomic E-state index is 12.7. The molecule has 1 aromatic carbocycles. The molecule has 0 aliphatic rings. The van der Waals surface area contributed by atoms with E-state index >= 15 is 0 Å². The number of anilines is 1. The number of nitrogens with one attached hydrogen (secondary N) is 1. The van der Waals surface area contributed by atoms with Crippen LogP contribution < -0.4 is 5.32 Å². The van der Waals surface area contributed by atoms with Crippen LogP contribution >= 0.6 is 0 Å². The summed E-state index contributed by atoms with van der Waals surface area (Å²) in [4.78, 5) is 10.5. The first-order chi connectivity index (χ1) is 9.34. The van der Waals surface area contributed by atoms with E-state index in [1.54, 1.807) is 0 Å². The second-order valence-corrected chi connectivity index (χ2v) is 4.25. The second-order valence-electron chi connectivity index (χ2n) is 4.25. The molecule has 6 heteroatoms. The molecule has 0 aliphatic heterocycles. The van der Waals surface area contributed by atoms with E-state index in [4.69, 9.17) is 5.11 Å². The van der Waals surface area contributed by atoms with Gasteiger partial charge in [0.2, 0.25) is 0 Å². The number of rotatable bonds is 6. The number of carboxylic acid groups (broad SMARTS) is 1. The zero-order valence-corrected chi connectivity index (χ0v) is 11.0. The third-order valence-corrected chi connectivity index (χ3v) is 2.63. The Balaban J connectivity index is 3.06. The lowest BCUT2D eigenvalue weighted by Gasteiger charge is -2.13. The molecule has 2 N–H and O–H groups in total. The first-order valence-electron chi connectivity index (χ1n) is 6.20. The lowest BCUT2D eigenvalue weighted by Crippen LogP contribution is -2.08. The summed E-state index contributed by atoms with van der Waals surface area (Å²) in [5, 5.41) is 11.5. The Morgan fingerprint density at radius 3 is 2.65 bits per heavy atom. The highest BCUT2D eigenvalue weighted by atomic mass is 19.4. The molecule has 0 aliphatic carbocycles. The molecule has 0 bridgehead atoms. The Bertz CT molecular complexity index is 496. The smallest absolute Gasteiger partial charge is 0.416 e. The van der Waals surface area contributed by atoms with Crippen LogP contribution in [0.15, 0.2) is 24.3 Å². The standard InChI is InChI=1S/C14H16F3NO2/c1-2-3-8-18-12-9-11(14(15,16)17)6-4-10(12)5-7-13(19)20/h4-7,9,18H,2-3,8H2,1H3,(H,19,20). The van der Waals surface area contributed by atoms with E-state index in [0.29, 0.717) is 12.1 Å². The molecule has 110 valence electrons. The minimum absolute atomic E-state index is 0.283. The fourth-order valence-corrected chi connectivity index (χ4v) is 1.59. The van der Waals surface area contributed by atoms with Gasteiger partial charge >= 0.3 is 12.1 Å². The van der Waals surface area contributed by atoms with Gasteiger partial charge < -0.3 is 10.4 Å². The van der Waals surface area contributed by atoms with Crippen LogP contribution in [0.5, 0.6) is 0 Å². The molecule has 1 aromatic rings. The van der Waals surface area contributed by atoms with Gasteiger partial charge in [-0.25, -0.2) is 4.79 Å². The number of hydrogen-bond donors (Lipinski definition) is 2. The molecular formula is C14H16F3NO2. The van der Waals surface area contributed by atoms with E-state index in [-0.39, 0.29) is 5.69 Å². The Morgan fingerprint density at radius 1 is 1.40 bits per heavy atom. The summed E-state index contributed by atoms with van der Waals surface area (Å²) < 4.78 is 38.0. The molecule has 0 atom stereocenters. The Hall–Kier alpha value is -1.98. The third kappa shape index (κ3) is 4.95. The molecular weight excluding hydrogens is 271 g/mol. The van der Waals surface area contributed by atoms with E-state index in [1.807, 2.05) is 6.92 Å². The number of unbranched alkanes of at least 4 members (excludes halogenated alkanes) is 1. The number of benzene rings is 1. The maximum absolute atomic E-state index is 12.7. The topological polar surface area (TPSA) is 49.3 Å². The highest BCUT2D eigenvalue weighted by Crippen LogP contribution is 2.32. The molecule has 0 saturated heterocycles. The van der Waals surface area contributed by atoms with Crippen LogP contribution in [0.4, 0.5) is 18.9 Å². The molecule has 0 aromatic heterocycles. The molecule has 0 heterocycles. The van der Waals surface area contributed by atoms with E-state index in [1.165, 1.54) is 12.1 Å². The Morgan fingerprint density at radius 2 is 2.10 bits per heavy atom.